The molecule has 0 saturated heterocycles. The predicted molar refractivity (Wildman–Crippen MR) is 129 cm³/mol. The average molecular weight is 441 g/mol. The summed E-state index contributed by atoms with van der Waals surface area (Å²) in [5.74, 6) is 0.757. The lowest BCUT2D eigenvalue weighted by Gasteiger charge is -2.30. The van der Waals surface area contributed by atoms with E-state index in [2.05, 4.69) is 75.7 Å². The van der Waals surface area contributed by atoms with Gasteiger partial charge in [-0.3, -0.25) is 4.79 Å². The molecule has 168 valence electrons. The largest absolute Gasteiger partial charge is 0.357 e. The first-order valence-corrected chi connectivity index (χ1v) is 11.9. The molecular weight excluding hydrogens is 412 g/mol. The van der Waals surface area contributed by atoms with Gasteiger partial charge in [-0.25, -0.2) is 4.68 Å². The molecule has 3 heterocycles. The van der Waals surface area contributed by atoms with Crippen molar-refractivity contribution in [2.24, 2.45) is 0 Å². The minimum atomic E-state index is -0.348. The summed E-state index contributed by atoms with van der Waals surface area (Å²) in [6, 6.07) is 14.6. The maximum atomic E-state index is 13.5. The van der Waals surface area contributed by atoms with Gasteiger partial charge in [-0.15, -0.1) is 5.10 Å². The van der Waals surface area contributed by atoms with Crippen LogP contribution in [-0.4, -0.2) is 31.7 Å². The van der Waals surface area contributed by atoms with Gasteiger partial charge >= 0.3 is 0 Å². The Balaban J connectivity index is 1.56. The lowest BCUT2D eigenvalue weighted by atomic mass is 10.0. The zero-order valence-electron chi connectivity index (χ0n) is 19.1. The van der Waals surface area contributed by atoms with Gasteiger partial charge in [0.05, 0.1) is 6.04 Å². The van der Waals surface area contributed by atoms with Crippen LogP contribution in [0, 0.1) is 13.8 Å². The number of aryl methyl sites for hydroxylation is 2. The highest BCUT2D eigenvalue weighted by molar-refractivity contribution is 5.81. The molecule has 0 unspecified atom stereocenters. The maximum Gasteiger partial charge on any atom is 0.254 e. The van der Waals surface area contributed by atoms with Crippen molar-refractivity contribution in [2.45, 2.75) is 58.0 Å². The van der Waals surface area contributed by atoms with E-state index in [0.29, 0.717) is 11.6 Å². The van der Waals surface area contributed by atoms with Crippen LogP contribution in [0.25, 0.3) is 10.9 Å². The fourth-order valence-corrected chi connectivity index (χ4v) is 5.56. The van der Waals surface area contributed by atoms with Gasteiger partial charge < -0.3 is 9.88 Å². The number of tetrazole rings is 1. The minimum absolute atomic E-state index is 0.0823. The Bertz CT molecular complexity index is 1400. The van der Waals surface area contributed by atoms with E-state index >= 15 is 0 Å². The van der Waals surface area contributed by atoms with E-state index in [1.54, 1.807) is 0 Å². The quantitative estimate of drug-likeness (QED) is 0.509. The van der Waals surface area contributed by atoms with E-state index in [1.165, 1.54) is 29.5 Å². The molecule has 7 nitrogen and oxygen atoms in total. The SMILES string of the molecule is Cc1cc2cc([C@@H](c3nnnn3C3CCCC3)N3CCc4ccccc43)c(=O)[nH]c2cc1C. The molecule has 4 aromatic rings. The highest BCUT2D eigenvalue weighted by Crippen LogP contribution is 2.39. The first kappa shape index (κ1) is 20.1. The normalized spacial score (nSPS) is 17.1. The molecule has 1 aliphatic heterocycles. The van der Waals surface area contributed by atoms with E-state index in [1.807, 2.05) is 10.7 Å². The molecule has 33 heavy (non-hydrogen) atoms. The van der Waals surface area contributed by atoms with E-state index in [9.17, 15) is 4.79 Å². The summed E-state index contributed by atoms with van der Waals surface area (Å²) in [7, 11) is 0. The van der Waals surface area contributed by atoms with E-state index in [0.717, 1.165) is 48.2 Å². The summed E-state index contributed by atoms with van der Waals surface area (Å²) in [4.78, 5) is 19.0. The molecule has 2 aliphatic rings. The average Bonchev–Trinajstić information content (AvgIpc) is 3.57. The molecule has 1 fully saturated rings. The number of fused-ring (bicyclic) bond motifs is 2. The second-order valence-corrected chi connectivity index (χ2v) is 9.47. The minimum Gasteiger partial charge on any atom is -0.357 e. The third kappa shape index (κ3) is 3.34. The van der Waals surface area contributed by atoms with E-state index in [4.69, 9.17) is 0 Å². The molecule has 0 radical (unpaired) electrons. The molecule has 0 bridgehead atoms. The topological polar surface area (TPSA) is 79.7 Å². The lowest BCUT2D eigenvalue weighted by molar-refractivity contribution is 0.428. The summed E-state index contributed by atoms with van der Waals surface area (Å²) < 4.78 is 1.99. The maximum absolute atomic E-state index is 13.5. The second kappa shape index (κ2) is 7.83. The number of anilines is 1. The Labute approximate surface area is 192 Å². The molecule has 2 aromatic carbocycles. The Hall–Kier alpha value is -3.48. The molecule has 1 N–H and O–H groups in total. The second-order valence-electron chi connectivity index (χ2n) is 9.47. The number of nitrogens with zero attached hydrogens (tertiary/aromatic N) is 5. The Morgan fingerprint density at radius 3 is 2.70 bits per heavy atom. The zero-order valence-corrected chi connectivity index (χ0v) is 19.1. The molecule has 6 rings (SSSR count). The number of para-hydroxylation sites is 1. The Morgan fingerprint density at radius 1 is 1.06 bits per heavy atom. The van der Waals surface area contributed by atoms with Crippen LogP contribution in [0.1, 0.15) is 65.8 Å². The summed E-state index contributed by atoms with van der Waals surface area (Å²) in [5.41, 5.74) is 6.30. The van der Waals surface area contributed by atoms with Gasteiger partial charge in [-0.05, 0) is 89.9 Å². The van der Waals surface area contributed by atoms with Gasteiger partial charge in [0, 0.05) is 23.3 Å². The molecule has 7 heteroatoms. The number of aromatic amines is 1. The summed E-state index contributed by atoms with van der Waals surface area (Å²) >= 11 is 0. The van der Waals surface area contributed by atoms with Gasteiger partial charge in [0.25, 0.3) is 5.56 Å². The molecule has 2 aromatic heterocycles. The van der Waals surface area contributed by atoms with Crippen LogP contribution in [0.2, 0.25) is 0 Å². The number of hydrogen-bond donors (Lipinski definition) is 1. The van der Waals surface area contributed by atoms with Gasteiger partial charge in [-0.2, -0.15) is 0 Å². The smallest absolute Gasteiger partial charge is 0.254 e. The number of hydrogen-bond acceptors (Lipinski definition) is 5. The van der Waals surface area contributed by atoms with Crippen molar-refractivity contribution in [2.75, 3.05) is 11.4 Å². The third-order valence-electron chi connectivity index (χ3n) is 7.45. The third-order valence-corrected chi connectivity index (χ3v) is 7.45. The number of pyridine rings is 1. The number of benzene rings is 2. The highest BCUT2D eigenvalue weighted by atomic mass is 16.1. The number of H-pyrrole nitrogens is 1. The van der Waals surface area contributed by atoms with Crippen LogP contribution in [0.15, 0.2) is 47.3 Å². The first-order chi connectivity index (χ1) is 16.1. The van der Waals surface area contributed by atoms with Crippen molar-refractivity contribution in [3.63, 3.8) is 0 Å². The van der Waals surface area contributed by atoms with Crippen molar-refractivity contribution in [1.29, 1.82) is 0 Å². The van der Waals surface area contributed by atoms with E-state index < -0.39 is 0 Å². The van der Waals surface area contributed by atoms with Crippen LogP contribution in [0.5, 0.6) is 0 Å². The monoisotopic (exact) mass is 440 g/mol. The molecule has 1 atom stereocenters. The van der Waals surface area contributed by atoms with Crippen molar-refractivity contribution >= 4 is 16.6 Å². The first-order valence-electron chi connectivity index (χ1n) is 11.9. The molecule has 0 amide bonds. The highest BCUT2D eigenvalue weighted by Gasteiger charge is 2.36. The van der Waals surface area contributed by atoms with Gasteiger partial charge in [0.2, 0.25) is 0 Å². The summed E-state index contributed by atoms with van der Waals surface area (Å²) in [5, 5.41) is 14.0. The molecule has 0 spiro atoms. The van der Waals surface area contributed by atoms with Crippen molar-refractivity contribution < 1.29 is 0 Å². The summed E-state index contributed by atoms with van der Waals surface area (Å²) in [6.45, 7) is 5.00. The lowest BCUT2D eigenvalue weighted by Crippen LogP contribution is -2.34. The Morgan fingerprint density at radius 2 is 1.85 bits per heavy atom. The molecule has 1 aliphatic carbocycles. The van der Waals surface area contributed by atoms with Crippen LogP contribution >= 0.6 is 0 Å². The van der Waals surface area contributed by atoms with Crippen LogP contribution in [0.3, 0.4) is 0 Å². The van der Waals surface area contributed by atoms with Crippen LogP contribution in [-0.2, 0) is 6.42 Å². The van der Waals surface area contributed by atoms with E-state index in [-0.39, 0.29) is 11.6 Å². The van der Waals surface area contributed by atoms with Gasteiger partial charge in [0.1, 0.15) is 6.04 Å². The van der Waals surface area contributed by atoms with Crippen molar-refractivity contribution in [1.82, 2.24) is 25.2 Å². The summed E-state index contributed by atoms with van der Waals surface area (Å²) in [6.07, 6.45) is 5.48. The fourth-order valence-electron chi connectivity index (χ4n) is 5.56. The predicted octanol–water partition coefficient (Wildman–Crippen LogP) is 4.40. The molecular formula is C26H28N6O. The van der Waals surface area contributed by atoms with Crippen molar-refractivity contribution in [3.8, 4) is 0 Å². The fraction of sp³-hybridized carbons (Fsp3) is 0.385. The molecule has 1 saturated carbocycles. The van der Waals surface area contributed by atoms with Crippen LogP contribution in [0.4, 0.5) is 5.69 Å². The van der Waals surface area contributed by atoms with Gasteiger partial charge in [-0.1, -0.05) is 31.0 Å². The standard InChI is InChI=1S/C26H28N6O/c1-16-13-19-15-21(26(33)27-22(19)14-17(16)2)24(31-12-11-18-7-3-6-10-23(18)31)25-28-29-30-32(25)20-8-4-5-9-20/h3,6-7,10,13-15,20,24H,4-5,8-9,11-12H2,1-2H3,(H,27,33)/t24-/m0/s1. The number of nitrogens with one attached hydrogen (secondary N) is 1. The van der Waals surface area contributed by atoms with Gasteiger partial charge in [0.15, 0.2) is 5.82 Å². The number of rotatable bonds is 4. The van der Waals surface area contributed by atoms with Crippen LogP contribution < -0.4 is 10.5 Å². The Kier molecular flexibility index (Phi) is 4.78. The number of aromatic nitrogens is 5. The zero-order chi connectivity index (χ0) is 22.5. The van der Waals surface area contributed by atoms with Crippen molar-refractivity contribution in [3.05, 3.63) is 80.9 Å².